The number of rotatable bonds is 6. The van der Waals surface area contributed by atoms with Crippen molar-refractivity contribution in [2.75, 3.05) is 12.3 Å². The molecule has 0 saturated heterocycles. The van der Waals surface area contributed by atoms with Crippen LogP contribution in [0.15, 0.2) is 29.2 Å². The molecule has 0 heterocycles. The first-order valence-electron chi connectivity index (χ1n) is 5.47. The molecule has 0 radical (unpaired) electrons. The van der Waals surface area contributed by atoms with Crippen molar-refractivity contribution in [1.29, 1.82) is 0 Å². The van der Waals surface area contributed by atoms with Crippen LogP contribution in [0.3, 0.4) is 0 Å². The second kappa shape index (κ2) is 6.76. The maximum absolute atomic E-state index is 12.9. The highest BCUT2D eigenvalue weighted by Gasteiger charge is 2.04. The molecule has 0 amide bonds. The molecule has 0 aromatic heterocycles. The van der Waals surface area contributed by atoms with Gasteiger partial charge >= 0.3 is 0 Å². The van der Waals surface area contributed by atoms with Gasteiger partial charge in [-0.25, -0.2) is 4.39 Å². The van der Waals surface area contributed by atoms with E-state index in [9.17, 15) is 8.60 Å². The van der Waals surface area contributed by atoms with Crippen LogP contribution < -0.4 is 5.32 Å². The molecule has 0 aliphatic carbocycles. The Bertz CT molecular complexity index is 355. The fraction of sp³-hybridized carbons (Fsp3) is 0.500. The predicted molar refractivity (Wildman–Crippen MR) is 65.4 cm³/mol. The Hall–Kier alpha value is -0.740. The zero-order chi connectivity index (χ0) is 12.0. The number of halogens is 1. The van der Waals surface area contributed by atoms with Crippen LogP contribution in [0.1, 0.15) is 20.3 Å². The quantitative estimate of drug-likeness (QED) is 0.777. The van der Waals surface area contributed by atoms with Crippen LogP contribution in [-0.2, 0) is 10.8 Å². The van der Waals surface area contributed by atoms with Gasteiger partial charge in [0.15, 0.2) is 0 Å². The number of nitrogens with one attached hydrogen (secondary N) is 1. The van der Waals surface area contributed by atoms with Gasteiger partial charge in [0.1, 0.15) is 5.82 Å². The highest BCUT2D eigenvalue weighted by atomic mass is 32.2. The summed E-state index contributed by atoms with van der Waals surface area (Å²) >= 11 is 0. The normalized spacial score (nSPS) is 13.0. The van der Waals surface area contributed by atoms with Gasteiger partial charge in [-0.2, -0.15) is 0 Å². The van der Waals surface area contributed by atoms with E-state index in [4.69, 9.17) is 0 Å². The monoisotopic (exact) mass is 243 g/mol. The van der Waals surface area contributed by atoms with E-state index in [0.29, 0.717) is 16.7 Å². The molecule has 0 spiro atoms. The Kier molecular flexibility index (Phi) is 5.63. The Balaban J connectivity index is 2.35. The van der Waals surface area contributed by atoms with Gasteiger partial charge in [-0.05, 0) is 31.2 Å². The van der Waals surface area contributed by atoms with Crippen LogP contribution in [-0.4, -0.2) is 22.5 Å². The Morgan fingerprint density at radius 1 is 1.44 bits per heavy atom. The van der Waals surface area contributed by atoms with E-state index in [1.807, 2.05) is 0 Å². The Morgan fingerprint density at radius 2 is 2.19 bits per heavy atom. The molecule has 0 aliphatic rings. The van der Waals surface area contributed by atoms with Gasteiger partial charge in [0.25, 0.3) is 0 Å². The fourth-order valence-corrected chi connectivity index (χ4v) is 2.44. The van der Waals surface area contributed by atoms with Crippen molar-refractivity contribution < 1.29 is 8.60 Å². The summed E-state index contributed by atoms with van der Waals surface area (Å²) in [6, 6.07) is 6.44. The third-order valence-corrected chi connectivity index (χ3v) is 3.56. The van der Waals surface area contributed by atoms with Gasteiger partial charge in [0, 0.05) is 16.7 Å². The van der Waals surface area contributed by atoms with Crippen molar-refractivity contribution in [1.82, 2.24) is 5.32 Å². The molecule has 0 fully saturated rings. The molecule has 0 saturated carbocycles. The molecular formula is C12H18FNOS. The molecule has 1 unspecified atom stereocenters. The van der Waals surface area contributed by atoms with Gasteiger partial charge in [-0.15, -0.1) is 0 Å². The average Bonchev–Trinajstić information content (AvgIpc) is 2.24. The molecule has 1 aromatic carbocycles. The van der Waals surface area contributed by atoms with Crippen molar-refractivity contribution in [3.05, 3.63) is 30.1 Å². The lowest BCUT2D eigenvalue weighted by Crippen LogP contribution is -2.24. The molecular weight excluding hydrogens is 225 g/mol. The molecule has 16 heavy (non-hydrogen) atoms. The summed E-state index contributed by atoms with van der Waals surface area (Å²) in [7, 11) is -1.09. The largest absolute Gasteiger partial charge is 0.315 e. The number of benzene rings is 1. The van der Waals surface area contributed by atoms with Crippen molar-refractivity contribution in [3.63, 3.8) is 0 Å². The van der Waals surface area contributed by atoms with E-state index in [0.717, 1.165) is 13.0 Å². The summed E-state index contributed by atoms with van der Waals surface area (Å²) in [4.78, 5) is 0.574. The zero-order valence-corrected chi connectivity index (χ0v) is 10.5. The summed E-state index contributed by atoms with van der Waals surface area (Å²) < 4.78 is 24.6. The first kappa shape index (κ1) is 13.3. The number of hydrogen-bond donors (Lipinski definition) is 1. The van der Waals surface area contributed by atoms with E-state index in [2.05, 4.69) is 19.2 Å². The van der Waals surface area contributed by atoms with Crippen LogP contribution in [0.2, 0.25) is 0 Å². The topological polar surface area (TPSA) is 29.1 Å². The maximum atomic E-state index is 12.9. The zero-order valence-electron chi connectivity index (χ0n) is 9.70. The Labute approximate surface area is 98.7 Å². The minimum absolute atomic E-state index is 0.328. The fourth-order valence-electron chi connectivity index (χ4n) is 1.32. The lowest BCUT2D eigenvalue weighted by molar-refractivity contribution is 0.583. The maximum Gasteiger partial charge on any atom is 0.124 e. The summed E-state index contributed by atoms with van der Waals surface area (Å²) in [5, 5.41) is 3.26. The van der Waals surface area contributed by atoms with Gasteiger partial charge in [0.2, 0.25) is 0 Å². The predicted octanol–water partition coefficient (Wildman–Crippen LogP) is 2.32. The standard InChI is InChI=1S/C12H18FNOS/c1-10(2)14-7-4-8-16(15)12-6-3-5-11(13)9-12/h3,5-6,9-10,14H,4,7-8H2,1-2H3. The highest BCUT2D eigenvalue weighted by Crippen LogP contribution is 2.09. The minimum atomic E-state index is -1.09. The van der Waals surface area contributed by atoms with Crippen LogP contribution >= 0.6 is 0 Å². The second-order valence-corrected chi connectivity index (χ2v) is 5.54. The summed E-state index contributed by atoms with van der Waals surface area (Å²) in [6.07, 6.45) is 0.835. The van der Waals surface area contributed by atoms with E-state index in [-0.39, 0.29) is 5.82 Å². The molecule has 4 heteroatoms. The molecule has 1 rings (SSSR count). The van der Waals surface area contributed by atoms with Crippen LogP contribution in [0, 0.1) is 5.82 Å². The molecule has 1 N–H and O–H groups in total. The van der Waals surface area contributed by atoms with Gasteiger partial charge < -0.3 is 5.32 Å². The third kappa shape index (κ3) is 4.86. The highest BCUT2D eigenvalue weighted by molar-refractivity contribution is 7.85. The van der Waals surface area contributed by atoms with Crippen molar-refractivity contribution in [2.24, 2.45) is 0 Å². The smallest absolute Gasteiger partial charge is 0.124 e. The van der Waals surface area contributed by atoms with Gasteiger partial charge in [-0.3, -0.25) is 4.21 Å². The number of hydrogen-bond acceptors (Lipinski definition) is 2. The minimum Gasteiger partial charge on any atom is -0.315 e. The summed E-state index contributed by atoms with van der Waals surface area (Å²) in [5.41, 5.74) is 0. The molecule has 0 aliphatic heterocycles. The Morgan fingerprint density at radius 3 is 2.81 bits per heavy atom. The molecule has 0 bridgehead atoms. The van der Waals surface area contributed by atoms with Crippen LogP contribution in [0.25, 0.3) is 0 Å². The summed E-state index contributed by atoms with van der Waals surface area (Å²) in [6.45, 7) is 4.99. The van der Waals surface area contributed by atoms with Crippen LogP contribution in [0.5, 0.6) is 0 Å². The van der Waals surface area contributed by atoms with Crippen molar-refractivity contribution >= 4 is 10.8 Å². The molecule has 2 nitrogen and oxygen atoms in total. The second-order valence-electron chi connectivity index (χ2n) is 3.97. The molecule has 90 valence electrons. The average molecular weight is 243 g/mol. The van der Waals surface area contributed by atoms with E-state index in [1.54, 1.807) is 12.1 Å². The lowest BCUT2D eigenvalue weighted by atomic mass is 10.3. The van der Waals surface area contributed by atoms with Gasteiger partial charge in [0.05, 0.1) is 10.8 Å². The van der Waals surface area contributed by atoms with Crippen LogP contribution in [0.4, 0.5) is 4.39 Å². The van der Waals surface area contributed by atoms with E-state index >= 15 is 0 Å². The first-order chi connectivity index (χ1) is 7.59. The van der Waals surface area contributed by atoms with Crippen molar-refractivity contribution in [2.45, 2.75) is 31.2 Å². The first-order valence-corrected chi connectivity index (χ1v) is 6.79. The van der Waals surface area contributed by atoms with Gasteiger partial charge in [-0.1, -0.05) is 19.9 Å². The lowest BCUT2D eigenvalue weighted by Gasteiger charge is -2.07. The van der Waals surface area contributed by atoms with Crippen molar-refractivity contribution in [3.8, 4) is 0 Å². The molecule has 1 atom stereocenters. The summed E-state index contributed by atoms with van der Waals surface area (Å²) in [5.74, 6) is 0.245. The third-order valence-electron chi connectivity index (χ3n) is 2.12. The van der Waals surface area contributed by atoms with E-state index < -0.39 is 10.8 Å². The SMILES string of the molecule is CC(C)NCCCS(=O)c1cccc(F)c1. The molecule has 1 aromatic rings. The van der Waals surface area contributed by atoms with E-state index in [1.165, 1.54) is 12.1 Å².